The molecule has 1 aromatic heterocycles. The van der Waals surface area contributed by atoms with Gasteiger partial charge in [-0.2, -0.15) is 0 Å². The van der Waals surface area contributed by atoms with Gasteiger partial charge >= 0.3 is 5.97 Å². The molecule has 2 atom stereocenters. The van der Waals surface area contributed by atoms with Gasteiger partial charge in [-0.25, -0.2) is 13.1 Å². The molecule has 126 valence electrons. The van der Waals surface area contributed by atoms with E-state index in [0.29, 0.717) is 0 Å². The van der Waals surface area contributed by atoms with Gasteiger partial charge in [-0.3, -0.25) is 14.6 Å². The zero-order valence-corrected chi connectivity index (χ0v) is 13.5. The third-order valence-corrected chi connectivity index (χ3v) is 4.56. The predicted octanol–water partition coefficient (Wildman–Crippen LogP) is -0.0237. The van der Waals surface area contributed by atoms with Crippen LogP contribution in [0.2, 0.25) is 0 Å². The molecule has 1 heterocycles. The Labute approximate surface area is 134 Å². The molecule has 0 aromatic carbocycles. The third-order valence-electron chi connectivity index (χ3n) is 2.91. The number of hydrogen-bond donors (Lipinski definition) is 2. The number of sulfonamides is 1. The van der Waals surface area contributed by atoms with Crippen LogP contribution in [-0.2, 0) is 19.6 Å². The summed E-state index contributed by atoms with van der Waals surface area (Å²) in [5.41, 5.74) is 5.56. The predicted molar refractivity (Wildman–Crippen MR) is 83.8 cm³/mol. The second-order valence-corrected chi connectivity index (χ2v) is 6.59. The van der Waals surface area contributed by atoms with E-state index in [-0.39, 0.29) is 18.5 Å². The number of nitrogens with zero attached hydrogens (tertiary/aromatic N) is 1. The lowest BCUT2D eigenvalue weighted by Gasteiger charge is -2.20. The first kappa shape index (κ1) is 18.8. The zero-order chi connectivity index (χ0) is 17.5. The van der Waals surface area contributed by atoms with Crippen LogP contribution < -0.4 is 10.5 Å². The molecule has 0 fully saturated rings. The van der Waals surface area contributed by atoms with Gasteiger partial charge in [-0.05, 0) is 12.1 Å². The van der Waals surface area contributed by atoms with Gasteiger partial charge in [-0.1, -0.05) is 6.08 Å². The summed E-state index contributed by atoms with van der Waals surface area (Å²) in [7, 11) is -4.05. The van der Waals surface area contributed by atoms with Gasteiger partial charge in [0.15, 0.2) is 0 Å². The van der Waals surface area contributed by atoms with Gasteiger partial charge in [0.05, 0.1) is 5.56 Å². The summed E-state index contributed by atoms with van der Waals surface area (Å²) in [6.07, 6.45) is 2.97. The Balaban J connectivity index is 2.84. The molecule has 0 saturated heterocycles. The van der Waals surface area contributed by atoms with Crippen molar-refractivity contribution < 1.29 is 22.7 Å². The van der Waals surface area contributed by atoms with E-state index in [1.807, 2.05) is 4.72 Å². The second-order valence-electron chi connectivity index (χ2n) is 4.69. The number of carbonyl (C=O) groups is 2. The molecular weight excluding hydrogens is 322 g/mol. The van der Waals surface area contributed by atoms with Crippen molar-refractivity contribution in [3.8, 4) is 0 Å². The fourth-order valence-corrected chi connectivity index (χ4v) is 3.05. The average Bonchev–Trinajstić information content (AvgIpc) is 2.51. The molecule has 3 N–H and O–H groups in total. The van der Waals surface area contributed by atoms with Crippen molar-refractivity contribution >= 4 is 21.9 Å². The van der Waals surface area contributed by atoms with Gasteiger partial charge in [0.25, 0.3) is 5.91 Å². The highest BCUT2D eigenvalue weighted by Gasteiger charge is 2.28. The molecule has 23 heavy (non-hydrogen) atoms. The van der Waals surface area contributed by atoms with Gasteiger partial charge in [-0.15, -0.1) is 6.58 Å². The number of rotatable bonds is 8. The zero-order valence-electron chi connectivity index (χ0n) is 12.6. The molecule has 0 saturated carbocycles. The molecule has 0 aliphatic rings. The Morgan fingerprint density at radius 1 is 1.52 bits per heavy atom. The summed E-state index contributed by atoms with van der Waals surface area (Å²) in [4.78, 5) is 26.7. The van der Waals surface area contributed by atoms with E-state index in [9.17, 15) is 18.0 Å². The van der Waals surface area contributed by atoms with E-state index in [2.05, 4.69) is 11.6 Å². The molecule has 0 radical (unpaired) electrons. The minimum absolute atomic E-state index is 0.0456. The summed E-state index contributed by atoms with van der Waals surface area (Å²) in [6, 6.07) is 2.94. The maximum Gasteiger partial charge on any atom is 0.302 e. The first-order valence-corrected chi connectivity index (χ1v) is 8.30. The number of carbonyl (C=O) groups excluding carboxylic acids is 2. The van der Waals surface area contributed by atoms with Crippen LogP contribution in [0.4, 0.5) is 0 Å². The van der Waals surface area contributed by atoms with Gasteiger partial charge in [0.1, 0.15) is 11.4 Å². The molecule has 2 unspecified atom stereocenters. The second kappa shape index (κ2) is 8.39. The molecule has 0 aliphatic heterocycles. The number of esters is 1. The number of aromatic nitrogens is 1. The lowest BCUT2D eigenvalue weighted by molar-refractivity contribution is -0.146. The molecule has 1 rings (SSSR count). The van der Waals surface area contributed by atoms with Crippen molar-refractivity contribution in [1.82, 2.24) is 9.71 Å². The summed E-state index contributed by atoms with van der Waals surface area (Å²) >= 11 is 0. The fraction of sp³-hybridized carbons (Fsp3) is 0.357. The topological polar surface area (TPSA) is 128 Å². The Kier molecular flexibility index (Phi) is 6.86. The molecule has 1 aromatic rings. The van der Waals surface area contributed by atoms with Crippen molar-refractivity contribution in [1.29, 1.82) is 0 Å². The van der Waals surface area contributed by atoms with Crippen LogP contribution in [0.15, 0.2) is 37.2 Å². The van der Waals surface area contributed by atoms with Crippen LogP contribution in [-0.4, -0.2) is 43.2 Å². The molecule has 9 heteroatoms. The summed E-state index contributed by atoms with van der Waals surface area (Å²) < 4.78 is 31.4. The smallest absolute Gasteiger partial charge is 0.302 e. The minimum Gasteiger partial charge on any atom is -0.461 e. The van der Waals surface area contributed by atoms with Crippen molar-refractivity contribution in [2.24, 2.45) is 5.73 Å². The van der Waals surface area contributed by atoms with Gasteiger partial charge < -0.3 is 10.5 Å². The lowest BCUT2D eigenvalue weighted by atomic mass is 10.2. The Morgan fingerprint density at radius 2 is 2.22 bits per heavy atom. The van der Waals surface area contributed by atoms with Crippen molar-refractivity contribution in [3.05, 3.63) is 42.7 Å². The first-order valence-electron chi connectivity index (χ1n) is 6.76. The van der Waals surface area contributed by atoms with E-state index in [1.54, 1.807) is 0 Å². The minimum atomic E-state index is -4.05. The fourth-order valence-electron chi connectivity index (χ4n) is 1.80. The molecule has 1 amide bonds. The van der Waals surface area contributed by atoms with Gasteiger partial charge in [0, 0.05) is 32.3 Å². The van der Waals surface area contributed by atoms with Crippen LogP contribution >= 0.6 is 0 Å². The molecule has 0 aliphatic carbocycles. The number of hydrogen-bond acceptors (Lipinski definition) is 7. The number of nitrogens with one attached hydrogen (secondary N) is 1. The number of amides is 1. The third kappa shape index (κ3) is 5.80. The Bertz CT molecular complexity index is 660. The maximum atomic E-state index is 12.3. The molecule has 8 nitrogen and oxygen atoms in total. The largest absolute Gasteiger partial charge is 0.461 e. The summed E-state index contributed by atoms with van der Waals surface area (Å²) in [5.74, 6) is -1.37. The van der Waals surface area contributed by atoms with Crippen molar-refractivity contribution in [2.75, 3.05) is 6.54 Å². The molecule has 0 bridgehead atoms. The summed E-state index contributed by atoms with van der Waals surface area (Å²) in [5, 5.41) is -1.14. The molecule has 0 spiro atoms. The number of pyridine rings is 1. The Hall–Kier alpha value is -2.26. The Morgan fingerprint density at radius 3 is 2.70 bits per heavy atom. The van der Waals surface area contributed by atoms with E-state index >= 15 is 0 Å². The highest BCUT2D eigenvalue weighted by Crippen LogP contribution is 2.12. The average molecular weight is 341 g/mol. The van der Waals surface area contributed by atoms with Crippen molar-refractivity contribution in [3.63, 3.8) is 0 Å². The van der Waals surface area contributed by atoms with Crippen LogP contribution in [0, 0.1) is 0 Å². The van der Waals surface area contributed by atoms with E-state index in [0.717, 1.165) is 6.08 Å². The van der Waals surface area contributed by atoms with Crippen LogP contribution in [0.1, 0.15) is 23.7 Å². The first-order chi connectivity index (χ1) is 10.8. The van der Waals surface area contributed by atoms with Gasteiger partial charge in [0.2, 0.25) is 10.0 Å². The summed E-state index contributed by atoms with van der Waals surface area (Å²) in [6.45, 7) is 4.60. The van der Waals surface area contributed by atoms with E-state index < -0.39 is 33.3 Å². The number of ether oxygens (including phenoxy) is 1. The normalized spacial score (nSPS) is 13.7. The van der Waals surface area contributed by atoms with Crippen LogP contribution in [0.25, 0.3) is 0 Å². The quantitative estimate of drug-likeness (QED) is 0.502. The maximum absolute atomic E-state index is 12.3. The lowest BCUT2D eigenvalue weighted by Crippen LogP contribution is -2.40. The van der Waals surface area contributed by atoms with Crippen LogP contribution in [0.5, 0.6) is 0 Å². The monoisotopic (exact) mass is 341 g/mol. The molecular formula is C14H19N3O5S. The highest BCUT2D eigenvalue weighted by atomic mass is 32.2. The van der Waals surface area contributed by atoms with Crippen LogP contribution in [0.3, 0.4) is 0 Å². The standard InChI is InChI=1S/C14H19N3O5S/c1-3-13(7-12(8-15)22-10(2)18)23(20,21)17-14(19)11-5-4-6-16-9-11/h3-6,9,12-13H,1,7-8,15H2,2H3,(H,17,19). The number of nitrogens with two attached hydrogens (primary N) is 1. The van der Waals surface area contributed by atoms with E-state index in [1.165, 1.54) is 31.5 Å². The highest BCUT2D eigenvalue weighted by molar-refractivity contribution is 7.90. The SMILES string of the molecule is C=CC(CC(CN)OC(C)=O)S(=O)(=O)NC(=O)c1cccnc1. The van der Waals surface area contributed by atoms with Crippen molar-refractivity contribution in [2.45, 2.75) is 24.7 Å². The van der Waals surface area contributed by atoms with E-state index in [4.69, 9.17) is 10.5 Å².